The van der Waals surface area contributed by atoms with Gasteiger partial charge in [-0.15, -0.1) is 0 Å². The van der Waals surface area contributed by atoms with Crippen molar-refractivity contribution in [2.24, 2.45) is 0 Å². The average molecular weight is 856 g/mol. The smallest absolute Gasteiger partial charge is 0.136 e. The number of benzene rings is 11. The Kier molecular flexibility index (Phi) is 8.91. The van der Waals surface area contributed by atoms with Crippen LogP contribution in [0, 0.1) is 0 Å². The minimum Gasteiger partial charge on any atom is -0.456 e. The van der Waals surface area contributed by atoms with E-state index in [2.05, 4.69) is 255 Å². The Balaban J connectivity index is 0.915. The van der Waals surface area contributed by atoms with E-state index in [1.54, 1.807) is 0 Å². The van der Waals surface area contributed by atoms with Gasteiger partial charge in [0.05, 0.1) is 5.69 Å². The first-order chi connectivity index (χ1) is 33.0. The molecule has 13 rings (SSSR count). The fraction of sp³-hybridized carbons (Fsp3) is 0.0462. The Morgan fingerprint density at radius 2 is 0.836 bits per heavy atom. The van der Waals surface area contributed by atoms with Crippen LogP contribution in [-0.4, -0.2) is 0 Å². The van der Waals surface area contributed by atoms with Crippen LogP contribution in [0.1, 0.15) is 25.0 Å². The Bertz CT molecular complexity index is 3870. The third-order valence-electron chi connectivity index (χ3n) is 14.3. The van der Waals surface area contributed by atoms with Gasteiger partial charge >= 0.3 is 0 Å². The van der Waals surface area contributed by atoms with Crippen molar-refractivity contribution in [3.63, 3.8) is 0 Å². The molecule has 0 saturated heterocycles. The maximum Gasteiger partial charge on any atom is 0.136 e. The van der Waals surface area contributed by atoms with Crippen LogP contribution in [0.2, 0.25) is 0 Å². The lowest BCUT2D eigenvalue weighted by molar-refractivity contribution is 0.662. The van der Waals surface area contributed by atoms with Crippen molar-refractivity contribution in [3.05, 3.63) is 248 Å². The zero-order valence-electron chi connectivity index (χ0n) is 37.4. The number of rotatable bonds is 7. The number of para-hydroxylation sites is 1. The quantitative estimate of drug-likeness (QED) is 0.159. The number of nitrogens with zero attached hydrogens (tertiary/aromatic N) is 1. The lowest BCUT2D eigenvalue weighted by Crippen LogP contribution is -2.16. The number of fused-ring (bicyclic) bond motifs is 8. The van der Waals surface area contributed by atoms with Crippen molar-refractivity contribution in [1.82, 2.24) is 0 Å². The van der Waals surface area contributed by atoms with Gasteiger partial charge in [0.25, 0.3) is 0 Å². The lowest BCUT2D eigenvalue weighted by atomic mass is 9.79. The predicted molar refractivity (Wildman–Crippen MR) is 283 cm³/mol. The first-order valence-corrected chi connectivity index (χ1v) is 23.2. The summed E-state index contributed by atoms with van der Waals surface area (Å²) in [4.78, 5) is 2.41. The topological polar surface area (TPSA) is 16.4 Å². The van der Waals surface area contributed by atoms with Crippen molar-refractivity contribution >= 4 is 60.5 Å². The number of furan rings is 1. The van der Waals surface area contributed by atoms with Crippen molar-refractivity contribution in [2.75, 3.05) is 4.90 Å². The van der Waals surface area contributed by atoms with Crippen LogP contribution in [-0.2, 0) is 5.41 Å². The van der Waals surface area contributed by atoms with Crippen LogP contribution < -0.4 is 4.90 Å². The fourth-order valence-corrected chi connectivity index (χ4v) is 11.0. The highest BCUT2D eigenvalue weighted by atomic mass is 16.3. The maximum absolute atomic E-state index is 6.46. The van der Waals surface area contributed by atoms with Crippen LogP contribution in [0.4, 0.5) is 17.1 Å². The van der Waals surface area contributed by atoms with E-state index < -0.39 is 0 Å². The maximum atomic E-state index is 6.46. The molecule has 0 radical (unpaired) electrons. The average Bonchev–Trinajstić information content (AvgIpc) is 3.86. The molecule has 2 nitrogen and oxygen atoms in total. The molecule has 0 saturated carbocycles. The van der Waals surface area contributed by atoms with Gasteiger partial charge in [-0.25, -0.2) is 0 Å². The molecule has 316 valence electrons. The SMILES string of the molecule is CC1(C)c2ccccc2-c2cccc(-c3ccc(N(c4ccc(-c5ccc(-c6cccc7ccccc67)cc5)cc4)c4ccccc4-c4ccc5oc6cc7ccccc7cc6c5c4)cc3)c21. The predicted octanol–water partition coefficient (Wildman–Crippen LogP) is 18.3. The molecular formula is C65H45NO. The summed E-state index contributed by atoms with van der Waals surface area (Å²) in [6.45, 7) is 4.73. The highest BCUT2D eigenvalue weighted by molar-refractivity contribution is 6.11. The molecule has 0 amide bonds. The van der Waals surface area contributed by atoms with Crippen molar-refractivity contribution in [1.29, 1.82) is 0 Å². The lowest BCUT2D eigenvalue weighted by Gasteiger charge is -2.28. The van der Waals surface area contributed by atoms with Crippen molar-refractivity contribution in [3.8, 4) is 55.6 Å². The second-order valence-electron chi connectivity index (χ2n) is 18.5. The summed E-state index contributed by atoms with van der Waals surface area (Å²) in [6, 6.07) is 86.4. The standard InChI is InChI=1S/C65H45NO/c1-65(2)60-23-9-7-19-56(60)57-22-12-21-55(64(57)65)46-31-36-51(37-32-46)66(50-34-29-43(30-35-50)42-25-27-45(28-26-42)53-20-11-16-44-13-5-6-17-52(44)53)61-24-10-8-18-54(61)49-33-38-62-58(40-49)59-39-47-14-3-4-15-48(47)41-63(59)67-62/h3-41H,1-2H3. The minimum absolute atomic E-state index is 0.112. The van der Waals surface area contributed by atoms with E-state index in [4.69, 9.17) is 4.42 Å². The molecule has 1 aliphatic carbocycles. The van der Waals surface area contributed by atoms with Gasteiger partial charge in [-0.05, 0) is 137 Å². The molecule has 67 heavy (non-hydrogen) atoms. The third kappa shape index (κ3) is 6.40. The summed E-state index contributed by atoms with van der Waals surface area (Å²) in [6.07, 6.45) is 0. The highest BCUT2D eigenvalue weighted by Crippen LogP contribution is 2.52. The van der Waals surface area contributed by atoms with Gasteiger partial charge in [-0.1, -0.05) is 196 Å². The van der Waals surface area contributed by atoms with Gasteiger partial charge in [-0.2, -0.15) is 0 Å². The highest BCUT2D eigenvalue weighted by Gasteiger charge is 2.37. The minimum atomic E-state index is -0.112. The molecule has 0 aliphatic heterocycles. The van der Waals surface area contributed by atoms with Crippen LogP contribution in [0.15, 0.2) is 241 Å². The molecular weight excluding hydrogens is 811 g/mol. The second-order valence-corrected chi connectivity index (χ2v) is 18.5. The zero-order valence-corrected chi connectivity index (χ0v) is 37.4. The molecule has 0 atom stereocenters. The molecule has 2 heteroatoms. The Morgan fingerprint density at radius 3 is 1.61 bits per heavy atom. The van der Waals surface area contributed by atoms with E-state index in [0.29, 0.717) is 0 Å². The van der Waals surface area contributed by atoms with E-state index >= 15 is 0 Å². The van der Waals surface area contributed by atoms with E-state index in [9.17, 15) is 0 Å². The first-order valence-electron chi connectivity index (χ1n) is 23.2. The molecule has 11 aromatic carbocycles. The molecule has 0 bridgehead atoms. The van der Waals surface area contributed by atoms with Gasteiger partial charge < -0.3 is 9.32 Å². The summed E-state index contributed by atoms with van der Waals surface area (Å²) < 4.78 is 6.46. The summed E-state index contributed by atoms with van der Waals surface area (Å²) in [5.74, 6) is 0. The molecule has 1 heterocycles. The van der Waals surface area contributed by atoms with E-state index in [0.717, 1.165) is 50.1 Å². The van der Waals surface area contributed by atoms with Crippen molar-refractivity contribution < 1.29 is 4.42 Å². The van der Waals surface area contributed by atoms with Crippen molar-refractivity contribution in [2.45, 2.75) is 19.3 Å². The Hall–Kier alpha value is -8.46. The summed E-state index contributed by atoms with van der Waals surface area (Å²) >= 11 is 0. The number of anilines is 3. The third-order valence-corrected chi connectivity index (χ3v) is 14.3. The van der Waals surface area contributed by atoms with Gasteiger partial charge in [0.15, 0.2) is 0 Å². The Morgan fingerprint density at radius 1 is 0.328 bits per heavy atom. The monoisotopic (exact) mass is 855 g/mol. The van der Waals surface area contributed by atoms with Crippen LogP contribution in [0.25, 0.3) is 99.1 Å². The van der Waals surface area contributed by atoms with E-state index in [1.807, 2.05) is 0 Å². The summed E-state index contributed by atoms with van der Waals surface area (Å²) in [5, 5.41) is 7.14. The van der Waals surface area contributed by atoms with E-state index in [1.165, 1.54) is 77.2 Å². The molecule has 1 aliphatic rings. The molecule has 0 spiro atoms. The normalized spacial score (nSPS) is 12.7. The van der Waals surface area contributed by atoms with E-state index in [-0.39, 0.29) is 5.41 Å². The van der Waals surface area contributed by atoms with Gasteiger partial charge in [-0.3, -0.25) is 0 Å². The number of hydrogen-bond donors (Lipinski definition) is 0. The zero-order chi connectivity index (χ0) is 44.6. The van der Waals surface area contributed by atoms with Crippen LogP contribution >= 0.6 is 0 Å². The molecule has 0 unspecified atom stereocenters. The second kappa shape index (κ2) is 15.3. The molecule has 12 aromatic rings. The van der Waals surface area contributed by atoms with Crippen LogP contribution in [0.5, 0.6) is 0 Å². The van der Waals surface area contributed by atoms with Crippen LogP contribution in [0.3, 0.4) is 0 Å². The summed E-state index contributed by atoms with van der Waals surface area (Å²) in [7, 11) is 0. The molecule has 1 aromatic heterocycles. The fourth-order valence-electron chi connectivity index (χ4n) is 11.0. The van der Waals surface area contributed by atoms with Gasteiger partial charge in [0.1, 0.15) is 11.2 Å². The van der Waals surface area contributed by atoms with Gasteiger partial charge in [0, 0.05) is 33.1 Å². The first kappa shape index (κ1) is 39.0. The van der Waals surface area contributed by atoms with Gasteiger partial charge in [0.2, 0.25) is 0 Å². The molecule has 0 fully saturated rings. The summed E-state index contributed by atoms with van der Waals surface area (Å²) in [5.41, 5.74) is 19.9. The number of hydrogen-bond acceptors (Lipinski definition) is 2. The largest absolute Gasteiger partial charge is 0.456 e. The Labute approximate surface area is 390 Å². The molecule has 0 N–H and O–H groups in total.